The number of oxime groups is 1. The number of rotatable bonds is 5. The van der Waals surface area contributed by atoms with Crippen molar-refractivity contribution in [1.29, 1.82) is 0 Å². The van der Waals surface area contributed by atoms with E-state index < -0.39 is 4.92 Å². The Bertz CT molecular complexity index is 433. The lowest BCUT2D eigenvalue weighted by molar-refractivity contribution is -0.384. The van der Waals surface area contributed by atoms with Crippen LogP contribution in [0.4, 0.5) is 5.69 Å². The highest BCUT2D eigenvalue weighted by molar-refractivity contribution is 5.84. The Hall–Kier alpha value is -2.15. The summed E-state index contributed by atoms with van der Waals surface area (Å²) in [6, 6.07) is 5.98. The zero-order chi connectivity index (χ0) is 12.8. The third-order valence-electron chi connectivity index (χ3n) is 2.29. The van der Waals surface area contributed by atoms with Crippen molar-refractivity contribution in [1.82, 2.24) is 5.32 Å². The van der Waals surface area contributed by atoms with Crippen LogP contribution in [0.1, 0.15) is 12.5 Å². The number of nitrogens with two attached hydrogens (primary N) is 1. The van der Waals surface area contributed by atoms with Crippen molar-refractivity contribution in [3.05, 3.63) is 39.9 Å². The molecule has 0 aliphatic carbocycles. The van der Waals surface area contributed by atoms with Crippen LogP contribution in [-0.2, 0) is 6.54 Å². The van der Waals surface area contributed by atoms with E-state index >= 15 is 0 Å². The molecule has 7 heteroatoms. The number of hydrogen-bond donors (Lipinski definition) is 3. The Labute approximate surface area is 98.1 Å². The van der Waals surface area contributed by atoms with Crippen molar-refractivity contribution < 1.29 is 10.1 Å². The fourth-order valence-electron chi connectivity index (χ4n) is 1.24. The summed E-state index contributed by atoms with van der Waals surface area (Å²) in [4.78, 5) is 10.1. The third kappa shape index (κ3) is 3.72. The summed E-state index contributed by atoms with van der Waals surface area (Å²) in [6.07, 6.45) is 0. The monoisotopic (exact) mass is 238 g/mol. The van der Waals surface area contributed by atoms with Gasteiger partial charge in [0.05, 0.1) is 11.0 Å². The van der Waals surface area contributed by atoms with E-state index in [-0.39, 0.29) is 17.6 Å². The number of nitrogens with zero attached hydrogens (tertiary/aromatic N) is 2. The largest absolute Gasteiger partial charge is 0.409 e. The molecule has 0 bridgehead atoms. The molecular weight excluding hydrogens is 224 g/mol. The molecule has 1 aromatic rings. The number of nitro benzene ring substituents is 1. The summed E-state index contributed by atoms with van der Waals surface area (Å²) >= 11 is 0. The van der Waals surface area contributed by atoms with E-state index in [1.54, 1.807) is 19.1 Å². The van der Waals surface area contributed by atoms with Crippen LogP contribution in [0.5, 0.6) is 0 Å². The molecule has 0 aliphatic rings. The van der Waals surface area contributed by atoms with Gasteiger partial charge in [-0.25, -0.2) is 0 Å². The van der Waals surface area contributed by atoms with Gasteiger partial charge in [-0.1, -0.05) is 17.3 Å². The molecular formula is C10H14N4O3. The quantitative estimate of drug-likeness (QED) is 0.231. The van der Waals surface area contributed by atoms with Crippen LogP contribution in [0.2, 0.25) is 0 Å². The Kier molecular flexibility index (Phi) is 4.41. The van der Waals surface area contributed by atoms with Gasteiger partial charge < -0.3 is 16.3 Å². The molecule has 0 radical (unpaired) electrons. The minimum Gasteiger partial charge on any atom is -0.409 e. The topological polar surface area (TPSA) is 114 Å². The molecule has 0 aromatic heterocycles. The van der Waals surface area contributed by atoms with E-state index in [9.17, 15) is 10.1 Å². The lowest BCUT2D eigenvalue weighted by atomic mass is 10.2. The Morgan fingerprint density at radius 2 is 2.41 bits per heavy atom. The standard InChI is InChI=1S/C10H14N4O3/c1-7(10(11)13-15)12-6-8-3-2-4-9(5-8)14(16)17/h2-5,7,12,15H,6H2,1H3,(H2,11,13). The van der Waals surface area contributed by atoms with Gasteiger partial charge in [-0.2, -0.15) is 0 Å². The predicted molar refractivity (Wildman–Crippen MR) is 62.8 cm³/mol. The zero-order valence-corrected chi connectivity index (χ0v) is 9.33. The maximum atomic E-state index is 10.6. The average Bonchev–Trinajstić information content (AvgIpc) is 2.35. The predicted octanol–water partition coefficient (Wildman–Crippen LogP) is 0.819. The van der Waals surface area contributed by atoms with Crippen molar-refractivity contribution in [2.45, 2.75) is 19.5 Å². The van der Waals surface area contributed by atoms with Gasteiger partial charge in [-0.15, -0.1) is 0 Å². The maximum Gasteiger partial charge on any atom is 0.269 e. The van der Waals surface area contributed by atoms with Gasteiger partial charge in [-0.05, 0) is 12.5 Å². The molecule has 4 N–H and O–H groups in total. The summed E-state index contributed by atoms with van der Waals surface area (Å²) < 4.78 is 0. The number of nitro groups is 1. The highest BCUT2D eigenvalue weighted by Gasteiger charge is 2.08. The molecule has 92 valence electrons. The van der Waals surface area contributed by atoms with Crippen molar-refractivity contribution in [3.63, 3.8) is 0 Å². The average molecular weight is 238 g/mol. The Morgan fingerprint density at radius 1 is 1.71 bits per heavy atom. The molecule has 0 heterocycles. The molecule has 17 heavy (non-hydrogen) atoms. The number of amidine groups is 1. The highest BCUT2D eigenvalue weighted by atomic mass is 16.6. The summed E-state index contributed by atoms with van der Waals surface area (Å²) in [5, 5.41) is 24.9. The van der Waals surface area contributed by atoms with Crippen LogP contribution in [0, 0.1) is 10.1 Å². The van der Waals surface area contributed by atoms with Crippen molar-refractivity contribution >= 4 is 11.5 Å². The number of benzene rings is 1. The molecule has 0 aliphatic heterocycles. The first-order valence-electron chi connectivity index (χ1n) is 4.98. The first-order chi connectivity index (χ1) is 8.04. The van der Waals surface area contributed by atoms with Crippen molar-refractivity contribution in [2.24, 2.45) is 10.9 Å². The van der Waals surface area contributed by atoms with Crippen LogP contribution >= 0.6 is 0 Å². The van der Waals surface area contributed by atoms with E-state index in [2.05, 4.69) is 10.5 Å². The van der Waals surface area contributed by atoms with E-state index in [0.29, 0.717) is 6.54 Å². The van der Waals surface area contributed by atoms with Gasteiger partial charge in [0, 0.05) is 18.7 Å². The van der Waals surface area contributed by atoms with Gasteiger partial charge in [0.15, 0.2) is 5.84 Å². The van der Waals surface area contributed by atoms with E-state index in [1.807, 2.05) is 0 Å². The van der Waals surface area contributed by atoms with E-state index in [1.165, 1.54) is 12.1 Å². The first kappa shape index (κ1) is 12.9. The molecule has 0 spiro atoms. The second kappa shape index (κ2) is 5.80. The molecule has 0 saturated heterocycles. The third-order valence-corrected chi connectivity index (χ3v) is 2.29. The minimum atomic E-state index is -0.448. The summed E-state index contributed by atoms with van der Waals surface area (Å²) in [5.41, 5.74) is 6.19. The van der Waals surface area contributed by atoms with Crippen molar-refractivity contribution in [3.8, 4) is 0 Å². The van der Waals surface area contributed by atoms with E-state index in [0.717, 1.165) is 5.56 Å². The van der Waals surface area contributed by atoms with Gasteiger partial charge in [0.1, 0.15) is 0 Å². The molecule has 7 nitrogen and oxygen atoms in total. The molecule has 0 amide bonds. The number of non-ortho nitro benzene ring substituents is 1. The summed E-state index contributed by atoms with van der Waals surface area (Å²) in [7, 11) is 0. The first-order valence-corrected chi connectivity index (χ1v) is 4.98. The fraction of sp³-hybridized carbons (Fsp3) is 0.300. The van der Waals surface area contributed by atoms with Crippen LogP contribution in [0.15, 0.2) is 29.4 Å². The highest BCUT2D eigenvalue weighted by Crippen LogP contribution is 2.12. The van der Waals surface area contributed by atoms with Gasteiger partial charge in [0.2, 0.25) is 0 Å². The molecule has 1 rings (SSSR count). The molecule has 0 fully saturated rings. The lowest BCUT2D eigenvalue weighted by Crippen LogP contribution is -2.38. The molecule has 1 aromatic carbocycles. The molecule has 0 saturated carbocycles. The second-order valence-electron chi connectivity index (χ2n) is 3.55. The van der Waals surface area contributed by atoms with Crippen LogP contribution < -0.4 is 11.1 Å². The van der Waals surface area contributed by atoms with Gasteiger partial charge in [-0.3, -0.25) is 10.1 Å². The summed E-state index contributed by atoms with van der Waals surface area (Å²) in [6.45, 7) is 2.13. The smallest absolute Gasteiger partial charge is 0.269 e. The van der Waals surface area contributed by atoms with Crippen LogP contribution in [0.25, 0.3) is 0 Å². The fourth-order valence-corrected chi connectivity index (χ4v) is 1.24. The normalized spacial score (nSPS) is 13.4. The zero-order valence-electron chi connectivity index (χ0n) is 9.33. The lowest BCUT2D eigenvalue weighted by Gasteiger charge is -2.11. The molecule has 1 unspecified atom stereocenters. The SMILES string of the molecule is CC(NCc1cccc([N+](=O)[O-])c1)C(N)=NO. The van der Waals surface area contributed by atoms with Crippen LogP contribution in [0.3, 0.4) is 0 Å². The van der Waals surface area contributed by atoms with E-state index in [4.69, 9.17) is 10.9 Å². The Morgan fingerprint density at radius 3 is 3.00 bits per heavy atom. The summed E-state index contributed by atoms with van der Waals surface area (Å²) in [5.74, 6) is 0.0652. The molecule has 1 atom stereocenters. The van der Waals surface area contributed by atoms with Gasteiger partial charge in [0.25, 0.3) is 5.69 Å². The minimum absolute atomic E-state index is 0.0424. The maximum absolute atomic E-state index is 10.6. The number of nitrogens with one attached hydrogen (secondary N) is 1. The second-order valence-corrected chi connectivity index (χ2v) is 3.55. The van der Waals surface area contributed by atoms with Crippen molar-refractivity contribution in [2.75, 3.05) is 0 Å². The van der Waals surface area contributed by atoms with Crippen LogP contribution in [-0.4, -0.2) is 22.0 Å². The Balaban J connectivity index is 2.64. The number of hydrogen-bond acceptors (Lipinski definition) is 5. The van der Waals surface area contributed by atoms with Gasteiger partial charge >= 0.3 is 0 Å².